The number of ether oxygens (including phenoxy) is 1. The lowest BCUT2D eigenvalue weighted by atomic mass is 9.94. The number of halogens is 1. The smallest absolute Gasteiger partial charge is 0.266 e. The first-order valence-corrected chi connectivity index (χ1v) is 9.01. The van der Waals surface area contributed by atoms with E-state index in [-0.39, 0.29) is 24.8 Å². The van der Waals surface area contributed by atoms with E-state index in [9.17, 15) is 4.79 Å². The van der Waals surface area contributed by atoms with Gasteiger partial charge in [0.25, 0.3) is 5.89 Å². The second-order valence-electron chi connectivity index (χ2n) is 7.14. The first kappa shape index (κ1) is 17.0. The second-order valence-corrected chi connectivity index (χ2v) is 7.14. The summed E-state index contributed by atoms with van der Waals surface area (Å²) < 4.78 is 25.8. The number of benzene rings is 1. The Balaban J connectivity index is 1.43. The van der Waals surface area contributed by atoms with Crippen molar-refractivity contribution in [2.24, 2.45) is 0 Å². The monoisotopic (exact) mass is 359 g/mol. The van der Waals surface area contributed by atoms with Gasteiger partial charge in [0.2, 0.25) is 11.6 Å². The molecule has 2 fully saturated rings. The van der Waals surface area contributed by atoms with E-state index in [1.807, 2.05) is 24.3 Å². The van der Waals surface area contributed by atoms with Crippen molar-refractivity contribution in [3.05, 3.63) is 41.5 Å². The summed E-state index contributed by atoms with van der Waals surface area (Å²) in [5.41, 5.74) is -0.881. The molecule has 0 spiro atoms. The van der Waals surface area contributed by atoms with Gasteiger partial charge >= 0.3 is 0 Å². The van der Waals surface area contributed by atoms with Crippen LogP contribution in [0.3, 0.4) is 0 Å². The second kappa shape index (κ2) is 6.70. The molecule has 4 rings (SSSR count). The Labute approximate surface area is 151 Å². The summed E-state index contributed by atoms with van der Waals surface area (Å²) in [6, 6.07) is 7.33. The number of amides is 1. The molecule has 0 N–H and O–H groups in total. The van der Waals surface area contributed by atoms with Crippen LogP contribution in [0.25, 0.3) is 0 Å². The Morgan fingerprint density at radius 2 is 2.15 bits per heavy atom. The molecule has 6 nitrogen and oxygen atoms in total. The van der Waals surface area contributed by atoms with Crippen molar-refractivity contribution in [3.63, 3.8) is 0 Å². The van der Waals surface area contributed by atoms with Crippen molar-refractivity contribution >= 4 is 5.91 Å². The van der Waals surface area contributed by atoms with Gasteiger partial charge in [-0.2, -0.15) is 4.98 Å². The molecule has 1 atom stereocenters. The van der Waals surface area contributed by atoms with Crippen molar-refractivity contribution in [1.82, 2.24) is 15.0 Å². The summed E-state index contributed by atoms with van der Waals surface area (Å²) in [6.07, 6.45) is 3.17. The Bertz CT molecular complexity index is 788. The number of hydrogen-bond donors (Lipinski definition) is 0. The molecular weight excluding hydrogens is 337 g/mol. The van der Waals surface area contributed by atoms with Crippen LogP contribution in [0.4, 0.5) is 4.39 Å². The van der Waals surface area contributed by atoms with Gasteiger partial charge in [0, 0.05) is 12.5 Å². The molecule has 2 aliphatic rings. The number of carbonyl (C=O) groups excluding carboxylic acids is 1. The predicted octanol–water partition coefficient (Wildman–Crippen LogP) is 2.99. The third kappa shape index (κ3) is 3.43. The maximum absolute atomic E-state index is 15.4. The first-order valence-electron chi connectivity index (χ1n) is 9.01. The van der Waals surface area contributed by atoms with Crippen LogP contribution in [-0.4, -0.2) is 41.1 Å². The Morgan fingerprint density at radius 3 is 2.85 bits per heavy atom. The van der Waals surface area contributed by atoms with Gasteiger partial charge in [-0.15, -0.1) is 0 Å². The molecule has 1 aliphatic carbocycles. The lowest BCUT2D eigenvalue weighted by Gasteiger charge is -2.35. The number of piperidine rings is 1. The molecule has 0 bridgehead atoms. The van der Waals surface area contributed by atoms with Crippen LogP contribution in [0.15, 0.2) is 28.8 Å². The lowest BCUT2D eigenvalue weighted by Crippen LogP contribution is -2.47. The van der Waals surface area contributed by atoms with E-state index >= 15 is 4.39 Å². The maximum Gasteiger partial charge on any atom is 0.266 e. The number of carbonyl (C=O) groups is 1. The van der Waals surface area contributed by atoms with Gasteiger partial charge in [0.1, 0.15) is 5.75 Å². The molecule has 0 radical (unpaired) electrons. The standard InChI is InChI=1S/C19H22FN3O3/c1-25-15-7-3-13(4-8-15)11-16(24)23-10-2-9-19(20,12-23)18-21-17(22-26-18)14-5-6-14/h3-4,7-8,14H,2,5-6,9-12H2,1H3. The topological polar surface area (TPSA) is 68.5 Å². The zero-order valence-corrected chi connectivity index (χ0v) is 14.8. The van der Waals surface area contributed by atoms with Crippen molar-refractivity contribution in [3.8, 4) is 5.75 Å². The molecule has 1 amide bonds. The minimum absolute atomic E-state index is 0.0151. The van der Waals surface area contributed by atoms with E-state index in [4.69, 9.17) is 9.26 Å². The Morgan fingerprint density at radius 1 is 1.38 bits per heavy atom. The van der Waals surface area contributed by atoms with Gasteiger partial charge in [0.05, 0.1) is 20.1 Å². The summed E-state index contributed by atoms with van der Waals surface area (Å²) in [4.78, 5) is 18.5. The average molecular weight is 359 g/mol. The summed E-state index contributed by atoms with van der Waals surface area (Å²) in [6.45, 7) is 0.512. The van der Waals surface area contributed by atoms with Crippen LogP contribution in [0.2, 0.25) is 0 Å². The number of hydrogen-bond acceptors (Lipinski definition) is 5. The molecule has 1 saturated heterocycles. The third-order valence-corrected chi connectivity index (χ3v) is 5.08. The molecule has 2 aromatic rings. The Kier molecular flexibility index (Phi) is 4.38. The molecule has 7 heteroatoms. The highest BCUT2D eigenvalue weighted by Gasteiger charge is 2.44. The first-order chi connectivity index (χ1) is 12.6. The summed E-state index contributed by atoms with van der Waals surface area (Å²) in [7, 11) is 1.60. The minimum Gasteiger partial charge on any atom is -0.497 e. The van der Waals surface area contributed by atoms with Crippen LogP contribution in [0.5, 0.6) is 5.75 Å². The Hall–Kier alpha value is -2.44. The highest BCUT2D eigenvalue weighted by atomic mass is 19.1. The zero-order chi connectivity index (χ0) is 18.1. The van der Waals surface area contributed by atoms with E-state index in [2.05, 4.69) is 10.1 Å². The van der Waals surface area contributed by atoms with E-state index in [0.29, 0.717) is 31.1 Å². The fourth-order valence-corrected chi connectivity index (χ4v) is 3.35. The highest BCUT2D eigenvalue weighted by molar-refractivity contribution is 5.79. The molecular formula is C19H22FN3O3. The van der Waals surface area contributed by atoms with Crippen LogP contribution >= 0.6 is 0 Å². The summed E-state index contributed by atoms with van der Waals surface area (Å²) in [5.74, 6) is 1.57. The van der Waals surface area contributed by atoms with Crippen LogP contribution in [-0.2, 0) is 16.9 Å². The molecule has 138 valence electrons. The van der Waals surface area contributed by atoms with E-state index in [1.54, 1.807) is 12.0 Å². The molecule has 2 heterocycles. The van der Waals surface area contributed by atoms with Crippen LogP contribution < -0.4 is 4.74 Å². The molecule has 1 aliphatic heterocycles. The van der Waals surface area contributed by atoms with E-state index < -0.39 is 5.67 Å². The van der Waals surface area contributed by atoms with Gasteiger partial charge in [-0.3, -0.25) is 4.79 Å². The van der Waals surface area contributed by atoms with Gasteiger partial charge in [-0.1, -0.05) is 17.3 Å². The molecule has 1 aromatic heterocycles. The quantitative estimate of drug-likeness (QED) is 0.821. The average Bonchev–Trinajstić information content (AvgIpc) is 3.38. The number of nitrogens with zero attached hydrogens (tertiary/aromatic N) is 3. The van der Waals surface area contributed by atoms with Crippen molar-refractivity contribution in [1.29, 1.82) is 0 Å². The summed E-state index contributed by atoms with van der Waals surface area (Å²) in [5, 5.41) is 3.91. The predicted molar refractivity (Wildman–Crippen MR) is 91.6 cm³/mol. The number of rotatable bonds is 5. The van der Waals surface area contributed by atoms with Crippen molar-refractivity contribution < 1.29 is 18.4 Å². The van der Waals surface area contributed by atoms with Gasteiger partial charge in [-0.25, -0.2) is 4.39 Å². The molecule has 1 aromatic carbocycles. The maximum atomic E-state index is 15.4. The largest absolute Gasteiger partial charge is 0.497 e. The normalized spacial score (nSPS) is 23.1. The number of likely N-dealkylation sites (tertiary alicyclic amines) is 1. The minimum atomic E-state index is -1.76. The van der Waals surface area contributed by atoms with E-state index in [1.165, 1.54) is 0 Å². The SMILES string of the molecule is COc1ccc(CC(=O)N2CCCC(F)(c3nc(C4CC4)no3)C2)cc1. The van der Waals surface area contributed by atoms with Crippen molar-refractivity contribution in [2.45, 2.75) is 43.7 Å². The van der Waals surface area contributed by atoms with Gasteiger partial charge in [0.15, 0.2) is 5.82 Å². The molecule has 26 heavy (non-hydrogen) atoms. The number of aromatic nitrogens is 2. The van der Waals surface area contributed by atoms with Gasteiger partial charge < -0.3 is 14.2 Å². The van der Waals surface area contributed by atoms with Crippen molar-refractivity contribution in [2.75, 3.05) is 20.2 Å². The molecule has 1 saturated carbocycles. The van der Waals surface area contributed by atoms with Crippen LogP contribution in [0.1, 0.15) is 48.9 Å². The highest BCUT2D eigenvalue weighted by Crippen LogP contribution is 2.40. The third-order valence-electron chi connectivity index (χ3n) is 5.08. The number of methoxy groups -OCH3 is 1. The van der Waals surface area contributed by atoms with Crippen LogP contribution in [0, 0.1) is 0 Å². The summed E-state index contributed by atoms with van der Waals surface area (Å²) >= 11 is 0. The van der Waals surface area contributed by atoms with Gasteiger partial charge in [-0.05, 0) is 43.4 Å². The lowest BCUT2D eigenvalue weighted by molar-refractivity contribution is -0.135. The fraction of sp³-hybridized carbons (Fsp3) is 0.526. The van der Waals surface area contributed by atoms with E-state index in [0.717, 1.165) is 24.2 Å². The number of alkyl halides is 1. The molecule has 1 unspecified atom stereocenters. The zero-order valence-electron chi connectivity index (χ0n) is 14.8. The fourth-order valence-electron chi connectivity index (χ4n) is 3.35.